The number of hydrogen-bond acceptors (Lipinski definition) is 5. The molecule has 1 N–H and O–H groups in total. The van der Waals surface area contributed by atoms with E-state index in [1.165, 1.54) is 6.33 Å². The molecule has 0 unspecified atom stereocenters. The molecule has 3 rings (SSSR count). The number of nitrogens with zero attached hydrogens (tertiary/aromatic N) is 5. The van der Waals surface area contributed by atoms with Crippen molar-refractivity contribution in [2.24, 2.45) is 7.05 Å². The summed E-state index contributed by atoms with van der Waals surface area (Å²) in [7, 11) is 1.72. The van der Waals surface area contributed by atoms with Crippen molar-refractivity contribution in [3.05, 3.63) is 46.5 Å². The molecular weight excluding hydrogens is 284 g/mol. The summed E-state index contributed by atoms with van der Waals surface area (Å²) < 4.78 is 3.70. The second kappa shape index (κ2) is 5.47. The van der Waals surface area contributed by atoms with Gasteiger partial charge in [0.1, 0.15) is 5.82 Å². The average molecular weight is 300 g/mol. The van der Waals surface area contributed by atoms with Gasteiger partial charge < -0.3 is 20.0 Å². The van der Waals surface area contributed by atoms with Gasteiger partial charge in [0.25, 0.3) is 0 Å². The normalized spacial score (nSPS) is 11.0. The molecule has 0 aliphatic heterocycles. The first-order valence-corrected chi connectivity index (χ1v) is 6.89. The number of fused-ring (bicyclic) bond motifs is 1. The van der Waals surface area contributed by atoms with Gasteiger partial charge in [0.15, 0.2) is 0 Å². The number of aryl methyl sites for hydroxylation is 2. The van der Waals surface area contributed by atoms with Crippen LogP contribution in [0.1, 0.15) is 5.82 Å². The van der Waals surface area contributed by atoms with Gasteiger partial charge in [-0.15, -0.1) is 0 Å². The van der Waals surface area contributed by atoms with Crippen molar-refractivity contribution in [3.63, 3.8) is 0 Å². The third-order valence-electron chi connectivity index (χ3n) is 3.56. The second-order valence-electron chi connectivity index (χ2n) is 5.01. The molecule has 8 nitrogen and oxygen atoms in total. The van der Waals surface area contributed by atoms with Gasteiger partial charge >= 0.3 is 5.82 Å². The van der Waals surface area contributed by atoms with Crippen molar-refractivity contribution in [2.45, 2.75) is 13.5 Å². The first kappa shape index (κ1) is 14.1. The van der Waals surface area contributed by atoms with Crippen molar-refractivity contribution in [1.29, 1.82) is 0 Å². The van der Waals surface area contributed by atoms with Crippen molar-refractivity contribution in [3.8, 4) is 0 Å². The largest absolute Gasteiger partial charge is 0.406 e. The number of imidazole rings is 2. The molecule has 3 aromatic rings. The lowest BCUT2D eigenvalue weighted by atomic mass is 10.3. The Morgan fingerprint density at radius 3 is 2.91 bits per heavy atom. The molecule has 0 atom stereocenters. The van der Waals surface area contributed by atoms with Crippen molar-refractivity contribution >= 4 is 22.7 Å². The molecule has 0 amide bonds. The first-order chi connectivity index (χ1) is 10.6. The maximum Gasteiger partial charge on any atom is 0.406 e. The molecule has 0 spiro atoms. The number of nitro groups is 1. The third kappa shape index (κ3) is 2.39. The maximum absolute atomic E-state index is 10.9. The summed E-state index contributed by atoms with van der Waals surface area (Å²) in [4.78, 5) is 18.7. The van der Waals surface area contributed by atoms with E-state index in [0.29, 0.717) is 18.9 Å². The summed E-state index contributed by atoms with van der Waals surface area (Å²) in [6, 6.07) is 7.91. The fourth-order valence-electron chi connectivity index (χ4n) is 2.52. The minimum Gasteiger partial charge on any atom is -0.362 e. The lowest BCUT2D eigenvalue weighted by Gasteiger charge is -2.09. The van der Waals surface area contributed by atoms with Crippen LogP contribution in [0, 0.1) is 17.0 Å². The van der Waals surface area contributed by atoms with Gasteiger partial charge in [-0.05, 0) is 29.0 Å². The molecule has 22 heavy (non-hydrogen) atoms. The van der Waals surface area contributed by atoms with Gasteiger partial charge in [-0.3, -0.25) is 4.57 Å². The van der Waals surface area contributed by atoms with Crippen LogP contribution < -0.4 is 5.32 Å². The Labute approximate surface area is 126 Å². The predicted octanol–water partition coefficient (Wildman–Crippen LogP) is 2.10. The van der Waals surface area contributed by atoms with Gasteiger partial charge in [-0.1, -0.05) is 12.1 Å². The van der Waals surface area contributed by atoms with E-state index in [4.69, 9.17) is 0 Å². The van der Waals surface area contributed by atoms with Crippen LogP contribution in [0.15, 0.2) is 30.6 Å². The van der Waals surface area contributed by atoms with Crippen molar-refractivity contribution in [1.82, 2.24) is 19.1 Å². The molecule has 0 saturated carbocycles. The van der Waals surface area contributed by atoms with Crippen LogP contribution in [0.5, 0.6) is 0 Å². The number of aromatic nitrogens is 4. The topological polar surface area (TPSA) is 90.8 Å². The SMILES string of the molecule is Cc1nc2ccccc2n1CCNc1c([N+](=O)[O-])ncn1C. The molecule has 0 aliphatic carbocycles. The van der Waals surface area contributed by atoms with E-state index >= 15 is 0 Å². The highest BCUT2D eigenvalue weighted by Crippen LogP contribution is 2.21. The van der Waals surface area contributed by atoms with Gasteiger partial charge in [0.2, 0.25) is 12.1 Å². The number of nitrogens with one attached hydrogen (secondary N) is 1. The molecule has 114 valence electrons. The molecule has 0 fully saturated rings. The Morgan fingerprint density at radius 1 is 1.36 bits per heavy atom. The first-order valence-electron chi connectivity index (χ1n) is 6.89. The van der Waals surface area contributed by atoms with Crippen LogP contribution in [0.25, 0.3) is 11.0 Å². The number of anilines is 1. The summed E-state index contributed by atoms with van der Waals surface area (Å²) in [6.07, 6.45) is 1.43. The van der Waals surface area contributed by atoms with Crippen LogP contribution in [0.3, 0.4) is 0 Å². The fourth-order valence-corrected chi connectivity index (χ4v) is 2.52. The summed E-state index contributed by atoms with van der Waals surface area (Å²) in [5.74, 6) is 1.17. The minimum absolute atomic E-state index is 0.158. The molecule has 0 bridgehead atoms. The third-order valence-corrected chi connectivity index (χ3v) is 3.56. The predicted molar refractivity (Wildman–Crippen MR) is 82.8 cm³/mol. The Kier molecular flexibility index (Phi) is 3.50. The highest BCUT2D eigenvalue weighted by atomic mass is 16.6. The molecular formula is C14H16N6O2. The zero-order valence-corrected chi connectivity index (χ0v) is 12.4. The zero-order valence-electron chi connectivity index (χ0n) is 12.4. The summed E-state index contributed by atoms with van der Waals surface area (Å²) >= 11 is 0. The van der Waals surface area contributed by atoms with Crippen LogP contribution in [-0.4, -0.2) is 30.6 Å². The highest BCUT2D eigenvalue weighted by molar-refractivity contribution is 5.75. The van der Waals surface area contributed by atoms with E-state index in [1.807, 2.05) is 31.2 Å². The number of para-hydroxylation sites is 2. The lowest BCUT2D eigenvalue weighted by Crippen LogP contribution is -2.14. The average Bonchev–Trinajstić information content (AvgIpc) is 3.00. The number of benzene rings is 1. The smallest absolute Gasteiger partial charge is 0.362 e. The van der Waals surface area contributed by atoms with Crippen LogP contribution >= 0.6 is 0 Å². The van der Waals surface area contributed by atoms with E-state index in [2.05, 4.69) is 19.9 Å². The standard InChI is InChI=1S/C14H16N6O2/c1-10-17-11-5-3-4-6-12(11)19(10)8-7-15-13-14(20(21)22)16-9-18(13)2/h3-6,9,15H,7-8H2,1-2H3. The van der Waals surface area contributed by atoms with Crippen molar-refractivity contribution in [2.75, 3.05) is 11.9 Å². The van der Waals surface area contributed by atoms with Crippen LogP contribution in [0.2, 0.25) is 0 Å². The van der Waals surface area contributed by atoms with Gasteiger partial charge in [-0.2, -0.15) is 0 Å². The highest BCUT2D eigenvalue weighted by Gasteiger charge is 2.19. The van der Waals surface area contributed by atoms with E-state index in [0.717, 1.165) is 16.9 Å². The molecule has 2 heterocycles. The van der Waals surface area contributed by atoms with Crippen LogP contribution in [-0.2, 0) is 13.6 Å². The molecule has 1 aromatic carbocycles. The maximum atomic E-state index is 10.9. The number of rotatable bonds is 5. The Hall–Kier alpha value is -2.90. The molecule has 0 saturated heterocycles. The molecule has 8 heteroatoms. The van der Waals surface area contributed by atoms with Gasteiger partial charge in [0, 0.05) is 20.1 Å². The summed E-state index contributed by atoms with van der Waals surface area (Å²) in [5.41, 5.74) is 2.01. The Morgan fingerprint density at radius 2 is 2.14 bits per heavy atom. The summed E-state index contributed by atoms with van der Waals surface area (Å²) in [5, 5.41) is 14.0. The zero-order chi connectivity index (χ0) is 15.7. The Balaban J connectivity index is 1.77. The van der Waals surface area contributed by atoms with E-state index in [-0.39, 0.29) is 5.82 Å². The minimum atomic E-state index is -0.486. The monoisotopic (exact) mass is 300 g/mol. The lowest BCUT2D eigenvalue weighted by molar-refractivity contribution is -0.388. The van der Waals surface area contributed by atoms with Gasteiger partial charge in [-0.25, -0.2) is 4.98 Å². The molecule has 0 radical (unpaired) electrons. The second-order valence-corrected chi connectivity index (χ2v) is 5.01. The van der Waals surface area contributed by atoms with E-state index in [9.17, 15) is 10.1 Å². The summed E-state index contributed by atoms with van der Waals surface area (Å²) in [6.45, 7) is 3.16. The number of hydrogen-bond donors (Lipinski definition) is 1. The van der Waals surface area contributed by atoms with Gasteiger partial charge in [0.05, 0.1) is 11.0 Å². The molecule has 2 aromatic heterocycles. The quantitative estimate of drug-likeness (QED) is 0.575. The fraction of sp³-hybridized carbons (Fsp3) is 0.286. The van der Waals surface area contributed by atoms with Crippen LogP contribution in [0.4, 0.5) is 11.6 Å². The Bertz CT molecular complexity index is 835. The van der Waals surface area contributed by atoms with E-state index in [1.54, 1.807) is 11.6 Å². The van der Waals surface area contributed by atoms with E-state index < -0.39 is 4.92 Å². The molecule has 0 aliphatic rings. The van der Waals surface area contributed by atoms with Crippen molar-refractivity contribution < 1.29 is 4.92 Å².